The van der Waals surface area contributed by atoms with Crippen LogP contribution in [0.1, 0.15) is 41.0 Å². The molecule has 1 atom stereocenters. The molecule has 0 saturated carbocycles. The fourth-order valence-corrected chi connectivity index (χ4v) is 1.29. The lowest BCUT2D eigenvalue weighted by molar-refractivity contribution is -0.192. The SMILES string of the molecule is CNC(C)CNC(=O)CC(C)(C)COC(C)(C)O. The van der Waals surface area contributed by atoms with Crippen molar-refractivity contribution in [2.45, 2.75) is 52.9 Å². The first-order valence-electron chi connectivity index (χ1n) is 6.36. The van der Waals surface area contributed by atoms with Gasteiger partial charge in [0.05, 0.1) is 6.61 Å². The third-order valence-electron chi connectivity index (χ3n) is 2.55. The predicted octanol–water partition coefficient (Wildman–Crippen LogP) is 0.872. The Kier molecular flexibility index (Phi) is 6.81. The summed E-state index contributed by atoms with van der Waals surface area (Å²) in [6.45, 7) is 10.0. The Morgan fingerprint density at radius 1 is 1.33 bits per heavy atom. The summed E-state index contributed by atoms with van der Waals surface area (Å²) in [7, 11) is 1.86. The molecule has 5 nitrogen and oxygen atoms in total. The minimum Gasteiger partial charge on any atom is -0.366 e. The van der Waals surface area contributed by atoms with Crippen molar-refractivity contribution in [2.24, 2.45) is 5.41 Å². The number of nitrogens with one attached hydrogen (secondary N) is 2. The number of likely N-dealkylation sites (N-methyl/N-ethyl adjacent to an activating group) is 1. The van der Waals surface area contributed by atoms with E-state index < -0.39 is 5.79 Å². The maximum Gasteiger partial charge on any atom is 0.220 e. The average molecular weight is 260 g/mol. The highest BCUT2D eigenvalue weighted by molar-refractivity contribution is 5.76. The van der Waals surface area contributed by atoms with Crippen molar-refractivity contribution >= 4 is 5.91 Å². The van der Waals surface area contributed by atoms with Crippen LogP contribution >= 0.6 is 0 Å². The van der Waals surface area contributed by atoms with E-state index in [0.717, 1.165) is 0 Å². The number of amides is 1. The van der Waals surface area contributed by atoms with Crippen LogP contribution in [0.3, 0.4) is 0 Å². The number of hydrogen-bond acceptors (Lipinski definition) is 4. The van der Waals surface area contributed by atoms with Gasteiger partial charge in [-0.2, -0.15) is 0 Å². The van der Waals surface area contributed by atoms with Crippen molar-refractivity contribution in [3.8, 4) is 0 Å². The van der Waals surface area contributed by atoms with Gasteiger partial charge in [0.1, 0.15) is 0 Å². The van der Waals surface area contributed by atoms with Crippen molar-refractivity contribution in [3.05, 3.63) is 0 Å². The molecule has 0 aliphatic heterocycles. The van der Waals surface area contributed by atoms with Crippen LogP contribution in [0.25, 0.3) is 0 Å². The second-order valence-electron chi connectivity index (χ2n) is 6.07. The van der Waals surface area contributed by atoms with E-state index in [1.54, 1.807) is 13.8 Å². The van der Waals surface area contributed by atoms with Gasteiger partial charge in [0.15, 0.2) is 5.79 Å². The lowest BCUT2D eigenvalue weighted by Gasteiger charge is -2.28. The summed E-state index contributed by atoms with van der Waals surface area (Å²) in [5.41, 5.74) is -0.299. The molecule has 0 aromatic carbocycles. The van der Waals surface area contributed by atoms with Crippen LogP contribution in [0.2, 0.25) is 0 Å². The van der Waals surface area contributed by atoms with E-state index in [-0.39, 0.29) is 17.4 Å². The maximum absolute atomic E-state index is 11.7. The van der Waals surface area contributed by atoms with E-state index in [1.165, 1.54) is 0 Å². The molecule has 0 radical (unpaired) electrons. The maximum atomic E-state index is 11.7. The first-order chi connectivity index (χ1) is 8.06. The van der Waals surface area contributed by atoms with E-state index in [1.807, 2.05) is 27.8 Å². The van der Waals surface area contributed by atoms with Crippen molar-refractivity contribution in [1.29, 1.82) is 0 Å². The van der Waals surface area contributed by atoms with Gasteiger partial charge < -0.3 is 20.5 Å². The van der Waals surface area contributed by atoms with Crippen molar-refractivity contribution in [3.63, 3.8) is 0 Å². The van der Waals surface area contributed by atoms with E-state index in [2.05, 4.69) is 10.6 Å². The molecule has 0 aromatic rings. The van der Waals surface area contributed by atoms with E-state index >= 15 is 0 Å². The van der Waals surface area contributed by atoms with Crippen LogP contribution in [0.5, 0.6) is 0 Å². The van der Waals surface area contributed by atoms with E-state index in [0.29, 0.717) is 19.6 Å². The Balaban J connectivity index is 4.03. The summed E-state index contributed by atoms with van der Waals surface area (Å²) in [4.78, 5) is 11.7. The van der Waals surface area contributed by atoms with Crippen LogP contribution in [0.15, 0.2) is 0 Å². The average Bonchev–Trinajstić information content (AvgIpc) is 2.22. The molecule has 0 spiro atoms. The van der Waals surface area contributed by atoms with Gasteiger partial charge in [-0.15, -0.1) is 0 Å². The zero-order valence-electron chi connectivity index (χ0n) is 12.5. The van der Waals surface area contributed by atoms with Crippen LogP contribution in [-0.4, -0.2) is 43.0 Å². The third kappa shape index (κ3) is 9.39. The second-order valence-corrected chi connectivity index (χ2v) is 6.07. The van der Waals surface area contributed by atoms with Gasteiger partial charge in [0.25, 0.3) is 0 Å². The zero-order chi connectivity index (χ0) is 14.4. The summed E-state index contributed by atoms with van der Waals surface area (Å²) in [5.74, 6) is -1.16. The summed E-state index contributed by atoms with van der Waals surface area (Å²) in [5, 5.41) is 15.4. The Bertz CT molecular complexity index is 259. The Morgan fingerprint density at radius 3 is 2.33 bits per heavy atom. The topological polar surface area (TPSA) is 70.6 Å². The Morgan fingerprint density at radius 2 is 1.89 bits per heavy atom. The number of aliphatic hydroxyl groups is 1. The van der Waals surface area contributed by atoms with Crippen LogP contribution in [-0.2, 0) is 9.53 Å². The molecule has 0 heterocycles. The largest absolute Gasteiger partial charge is 0.366 e. The monoisotopic (exact) mass is 260 g/mol. The summed E-state index contributed by atoms with van der Waals surface area (Å²) in [6, 6.07) is 0.254. The molecule has 1 unspecified atom stereocenters. The lowest BCUT2D eigenvalue weighted by atomic mass is 9.90. The number of carbonyl (C=O) groups is 1. The van der Waals surface area contributed by atoms with Crippen LogP contribution in [0.4, 0.5) is 0 Å². The first-order valence-corrected chi connectivity index (χ1v) is 6.36. The molecule has 5 heteroatoms. The third-order valence-corrected chi connectivity index (χ3v) is 2.55. The molecule has 0 aliphatic rings. The van der Waals surface area contributed by atoms with Crippen molar-refractivity contribution in [1.82, 2.24) is 10.6 Å². The quantitative estimate of drug-likeness (QED) is 0.566. The summed E-state index contributed by atoms with van der Waals surface area (Å²) >= 11 is 0. The number of carbonyl (C=O) groups excluding carboxylic acids is 1. The predicted molar refractivity (Wildman–Crippen MR) is 72.2 cm³/mol. The van der Waals surface area contributed by atoms with Gasteiger partial charge in [0.2, 0.25) is 5.91 Å². The van der Waals surface area contributed by atoms with Gasteiger partial charge in [-0.1, -0.05) is 13.8 Å². The summed E-state index contributed by atoms with van der Waals surface area (Å²) < 4.78 is 5.30. The van der Waals surface area contributed by atoms with Crippen LogP contribution in [0, 0.1) is 5.41 Å². The Hall–Kier alpha value is -0.650. The smallest absolute Gasteiger partial charge is 0.220 e. The highest BCUT2D eigenvalue weighted by Gasteiger charge is 2.25. The second kappa shape index (κ2) is 7.07. The minimum atomic E-state index is -1.16. The number of hydrogen-bond donors (Lipinski definition) is 3. The molecule has 18 heavy (non-hydrogen) atoms. The van der Waals surface area contributed by atoms with Crippen LogP contribution < -0.4 is 10.6 Å². The van der Waals surface area contributed by atoms with Gasteiger partial charge in [-0.25, -0.2) is 0 Å². The van der Waals surface area contributed by atoms with E-state index in [4.69, 9.17) is 4.74 Å². The van der Waals surface area contributed by atoms with Gasteiger partial charge >= 0.3 is 0 Å². The van der Waals surface area contributed by atoms with Gasteiger partial charge in [-0.05, 0) is 33.2 Å². The molecule has 0 rings (SSSR count). The first kappa shape index (κ1) is 17.4. The molecule has 3 N–H and O–H groups in total. The molecule has 0 aliphatic carbocycles. The van der Waals surface area contributed by atoms with Crippen molar-refractivity contribution in [2.75, 3.05) is 20.2 Å². The minimum absolute atomic E-state index is 0.00134. The summed E-state index contributed by atoms with van der Waals surface area (Å²) in [6.07, 6.45) is 0.375. The number of rotatable bonds is 8. The molecule has 0 fully saturated rings. The van der Waals surface area contributed by atoms with E-state index in [9.17, 15) is 9.90 Å². The normalized spacial score (nSPS) is 14.4. The molecule has 0 aromatic heterocycles. The Labute approximate surface area is 110 Å². The molecule has 0 bridgehead atoms. The molecular formula is C13H28N2O3. The highest BCUT2D eigenvalue weighted by Crippen LogP contribution is 2.22. The van der Waals surface area contributed by atoms with Crippen molar-refractivity contribution < 1.29 is 14.6 Å². The molecule has 108 valence electrons. The van der Waals surface area contributed by atoms with Gasteiger partial charge in [-0.3, -0.25) is 4.79 Å². The fourth-order valence-electron chi connectivity index (χ4n) is 1.29. The molecule has 1 amide bonds. The molecular weight excluding hydrogens is 232 g/mol. The lowest BCUT2D eigenvalue weighted by Crippen LogP contribution is -2.40. The highest BCUT2D eigenvalue weighted by atomic mass is 16.6. The number of ether oxygens (including phenoxy) is 1. The van der Waals surface area contributed by atoms with Gasteiger partial charge in [0, 0.05) is 19.0 Å². The zero-order valence-corrected chi connectivity index (χ0v) is 12.5. The molecule has 0 saturated heterocycles. The standard InChI is InChI=1S/C13H28N2O3/c1-10(14-6)8-15-11(16)7-12(2,3)9-18-13(4,5)17/h10,14,17H,7-9H2,1-6H3,(H,15,16). The fraction of sp³-hybridized carbons (Fsp3) is 0.923.